The highest BCUT2D eigenvalue weighted by Crippen LogP contribution is 2.26. The molecule has 0 spiro atoms. The number of aryl methyl sites for hydroxylation is 1. The van der Waals surface area contributed by atoms with Gasteiger partial charge < -0.3 is 0 Å². The van der Waals surface area contributed by atoms with Crippen LogP contribution in [-0.4, -0.2) is 4.98 Å². The third kappa shape index (κ3) is 3.15. The van der Waals surface area contributed by atoms with Crippen LogP contribution in [0, 0.1) is 6.92 Å². The van der Waals surface area contributed by atoms with Crippen LogP contribution < -0.4 is 5.32 Å². The molecule has 2 aromatic heterocycles. The molecule has 2 heterocycles. The van der Waals surface area contributed by atoms with Crippen molar-refractivity contribution >= 4 is 22.7 Å². The van der Waals surface area contributed by atoms with Gasteiger partial charge in [-0.2, -0.15) is 0 Å². The number of hydrogen-bond donors (Lipinski definition) is 1. The van der Waals surface area contributed by atoms with Gasteiger partial charge in [-0.05, 0) is 23.9 Å². The largest absolute Gasteiger partial charge is 0.300 e. The summed E-state index contributed by atoms with van der Waals surface area (Å²) in [7, 11) is 0. The van der Waals surface area contributed by atoms with Crippen LogP contribution in [0.4, 0.5) is 0 Å². The maximum atomic E-state index is 4.52. The molecule has 1 N–H and O–H groups in total. The van der Waals surface area contributed by atoms with Gasteiger partial charge in [-0.25, -0.2) is 4.98 Å². The van der Waals surface area contributed by atoms with Crippen molar-refractivity contribution in [2.24, 2.45) is 0 Å². The Morgan fingerprint density at radius 2 is 1.95 bits per heavy atom. The SMILES string of the molecule is Cc1nc(CNC(c2ccccc2)c2cccs2)cs1. The monoisotopic (exact) mass is 300 g/mol. The van der Waals surface area contributed by atoms with Crippen LogP contribution in [0.5, 0.6) is 0 Å². The Bertz CT molecular complexity index is 644. The predicted molar refractivity (Wildman–Crippen MR) is 86.3 cm³/mol. The lowest BCUT2D eigenvalue weighted by atomic mass is 10.1. The molecular weight excluding hydrogens is 284 g/mol. The van der Waals surface area contributed by atoms with E-state index in [2.05, 4.69) is 63.5 Å². The number of aromatic nitrogens is 1. The van der Waals surface area contributed by atoms with Crippen molar-refractivity contribution in [3.8, 4) is 0 Å². The molecule has 0 aliphatic heterocycles. The van der Waals surface area contributed by atoms with Crippen LogP contribution >= 0.6 is 22.7 Å². The number of thiophene rings is 1. The van der Waals surface area contributed by atoms with Crippen LogP contribution in [-0.2, 0) is 6.54 Å². The molecule has 0 saturated heterocycles. The molecule has 0 aliphatic rings. The van der Waals surface area contributed by atoms with E-state index in [0.717, 1.165) is 17.2 Å². The zero-order chi connectivity index (χ0) is 13.8. The first-order chi connectivity index (χ1) is 9.83. The molecule has 1 unspecified atom stereocenters. The second-order valence-corrected chi connectivity index (χ2v) is 6.64. The van der Waals surface area contributed by atoms with E-state index < -0.39 is 0 Å². The van der Waals surface area contributed by atoms with Crippen molar-refractivity contribution in [2.45, 2.75) is 19.5 Å². The maximum Gasteiger partial charge on any atom is 0.0897 e. The molecule has 0 radical (unpaired) electrons. The lowest BCUT2D eigenvalue weighted by Gasteiger charge is -2.17. The molecule has 3 rings (SSSR count). The van der Waals surface area contributed by atoms with Crippen molar-refractivity contribution in [3.63, 3.8) is 0 Å². The highest BCUT2D eigenvalue weighted by atomic mass is 32.1. The normalized spacial score (nSPS) is 12.4. The number of nitrogens with one attached hydrogen (secondary N) is 1. The minimum absolute atomic E-state index is 0.234. The van der Waals surface area contributed by atoms with E-state index in [0.29, 0.717) is 0 Å². The van der Waals surface area contributed by atoms with Crippen LogP contribution in [0.25, 0.3) is 0 Å². The molecule has 2 nitrogen and oxygen atoms in total. The minimum atomic E-state index is 0.234. The summed E-state index contributed by atoms with van der Waals surface area (Å²) in [6.07, 6.45) is 0. The van der Waals surface area contributed by atoms with E-state index in [1.165, 1.54) is 10.4 Å². The van der Waals surface area contributed by atoms with E-state index in [-0.39, 0.29) is 6.04 Å². The Kier molecular flexibility index (Phi) is 4.25. The molecule has 3 aromatic rings. The lowest BCUT2D eigenvalue weighted by Crippen LogP contribution is -2.21. The average Bonchev–Trinajstić information content (AvgIpc) is 3.12. The first-order valence-electron chi connectivity index (χ1n) is 6.55. The fraction of sp³-hybridized carbons (Fsp3) is 0.188. The van der Waals surface area contributed by atoms with Crippen LogP contribution in [0.3, 0.4) is 0 Å². The topological polar surface area (TPSA) is 24.9 Å². The summed E-state index contributed by atoms with van der Waals surface area (Å²) in [5.41, 5.74) is 2.41. The first-order valence-corrected chi connectivity index (χ1v) is 8.31. The number of nitrogens with zero attached hydrogens (tertiary/aromatic N) is 1. The van der Waals surface area contributed by atoms with E-state index in [4.69, 9.17) is 0 Å². The molecule has 0 aliphatic carbocycles. The van der Waals surface area contributed by atoms with Crippen LogP contribution in [0.15, 0.2) is 53.2 Å². The first kappa shape index (κ1) is 13.5. The lowest BCUT2D eigenvalue weighted by molar-refractivity contribution is 0.606. The molecule has 0 amide bonds. The van der Waals surface area contributed by atoms with Gasteiger partial charge in [-0.1, -0.05) is 36.4 Å². The Hall–Kier alpha value is -1.49. The standard InChI is InChI=1S/C16H16N2S2/c1-12-18-14(11-20-12)10-17-16(15-8-5-9-19-15)13-6-3-2-4-7-13/h2-9,11,16-17H,10H2,1H3. The Labute approximate surface area is 127 Å². The summed E-state index contributed by atoms with van der Waals surface area (Å²) in [6, 6.07) is 15.1. The van der Waals surface area contributed by atoms with Crippen molar-refractivity contribution in [3.05, 3.63) is 74.4 Å². The van der Waals surface area contributed by atoms with Crippen molar-refractivity contribution < 1.29 is 0 Å². The Balaban J connectivity index is 1.80. The third-order valence-electron chi connectivity index (χ3n) is 3.11. The number of rotatable bonds is 5. The second kappa shape index (κ2) is 6.31. The molecule has 20 heavy (non-hydrogen) atoms. The van der Waals surface area contributed by atoms with E-state index in [1.807, 2.05) is 6.92 Å². The Morgan fingerprint density at radius 3 is 2.60 bits per heavy atom. The number of hydrogen-bond acceptors (Lipinski definition) is 4. The molecule has 0 bridgehead atoms. The summed E-state index contributed by atoms with van der Waals surface area (Å²) in [5.74, 6) is 0. The zero-order valence-electron chi connectivity index (χ0n) is 11.2. The summed E-state index contributed by atoms with van der Waals surface area (Å²) >= 11 is 3.49. The van der Waals surface area contributed by atoms with E-state index in [9.17, 15) is 0 Å². The third-order valence-corrected chi connectivity index (χ3v) is 4.87. The van der Waals surface area contributed by atoms with Gasteiger partial charge in [0.1, 0.15) is 0 Å². The van der Waals surface area contributed by atoms with Crippen molar-refractivity contribution in [1.29, 1.82) is 0 Å². The average molecular weight is 300 g/mol. The summed E-state index contributed by atoms with van der Waals surface area (Å²) in [5, 5.41) is 8.99. The van der Waals surface area contributed by atoms with Crippen LogP contribution in [0.2, 0.25) is 0 Å². The van der Waals surface area contributed by atoms with Gasteiger partial charge in [0.2, 0.25) is 0 Å². The number of thiazole rings is 1. The van der Waals surface area contributed by atoms with Crippen molar-refractivity contribution in [1.82, 2.24) is 10.3 Å². The molecular formula is C16H16N2S2. The molecule has 4 heteroatoms. The zero-order valence-corrected chi connectivity index (χ0v) is 12.9. The van der Waals surface area contributed by atoms with Gasteiger partial charge in [0.25, 0.3) is 0 Å². The highest BCUT2D eigenvalue weighted by molar-refractivity contribution is 7.10. The quantitative estimate of drug-likeness (QED) is 0.756. The van der Waals surface area contributed by atoms with Gasteiger partial charge in [-0.3, -0.25) is 5.32 Å². The molecule has 102 valence electrons. The Morgan fingerprint density at radius 1 is 1.10 bits per heavy atom. The molecule has 0 fully saturated rings. The maximum absolute atomic E-state index is 4.52. The van der Waals surface area contributed by atoms with E-state index >= 15 is 0 Å². The van der Waals surface area contributed by atoms with Crippen LogP contribution in [0.1, 0.15) is 27.2 Å². The van der Waals surface area contributed by atoms with Gasteiger partial charge in [-0.15, -0.1) is 22.7 Å². The fourth-order valence-corrected chi connectivity index (χ4v) is 3.62. The molecule has 0 saturated carbocycles. The van der Waals surface area contributed by atoms with E-state index in [1.54, 1.807) is 22.7 Å². The van der Waals surface area contributed by atoms with Crippen molar-refractivity contribution in [2.75, 3.05) is 0 Å². The molecule has 1 aromatic carbocycles. The van der Waals surface area contributed by atoms with Gasteiger partial charge in [0, 0.05) is 16.8 Å². The summed E-state index contributed by atoms with van der Waals surface area (Å²) in [4.78, 5) is 5.85. The summed E-state index contributed by atoms with van der Waals surface area (Å²) < 4.78 is 0. The predicted octanol–water partition coefficient (Wildman–Crippen LogP) is 4.39. The minimum Gasteiger partial charge on any atom is -0.300 e. The van der Waals surface area contributed by atoms with Gasteiger partial charge in [0.15, 0.2) is 0 Å². The van der Waals surface area contributed by atoms with Gasteiger partial charge >= 0.3 is 0 Å². The van der Waals surface area contributed by atoms with Gasteiger partial charge in [0.05, 0.1) is 16.7 Å². The highest BCUT2D eigenvalue weighted by Gasteiger charge is 2.14. The molecule has 1 atom stereocenters. The fourth-order valence-electron chi connectivity index (χ4n) is 2.18. The smallest absolute Gasteiger partial charge is 0.0897 e. The number of benzene rings is 1. The summed E-state index contributed by atoms with van der Waals surface area (Å²) in [6.45, 7) is 2.84. The second-order valence-electron chi connectivity index (χ2n) is 4.60.